The molecular weight excluding hydrogens is 328 g/mol. The summed E-state index contributed by atoms with van der Waals surface area (Å²) in [6.45, 7) is 14.6. The average molecular weight is 379 g/mol. The molecule has 0 aliphatic heterocycles. The lowest BCUT2D eigenvalue weighted by atomic mass is 9.55. The van der Waals surface area contributed by atoms with Crippen molar-refractivity contribution in [3.8, 4) is 0 Å². The molecule has 27 heavy (non-hydrogen) atoms. The Labute approximate surface area is 171 Å². The Morgan fingerprint density at radius 1 is 0.741 bits per heavy atom. The monoisotopic (exact) mass is 378 g/mol. The largest absolute Gasteiger partial charge is 0.393 e. The number of aliphatic hydroxyl groups is 1. The molecule has 1 N–H and O–H groups in total. The normalized spacial score (nSPS) is 38.1. The Morgan fingerprint density at radius 2 is 1.30 bits per heavy atom. The third-order valence-electron chi connectivity index (χ3n) is 8.85. The highest BCUT2D eigenvalue weighted by atomic mass is 16.3. The smallest absolute Gasteiger partial charge is 0.0596 e. The molecule has 160 valence electrons. The fourth-order valence-corrected chi connectivity index (χ4v) is 6.71. The highest BCUT2D eigenvalue weighted by Crippen LogP contribution is 2.53. The lowest BCUT2D eigenvalue weighted by Crippen LogP contribution is -2.45. The van der Waals surface area contributed by atoms with Crippen molar-refractivity contribution in [2.75, 3.05) is 0 Å². The van der Waals surface area contributed by atoms with E-state index in [1.807, 2.05) is 0 Å². The van der Waals surface area contributed by atoms with Gasteiger partial charge in [0.2, 0.25) is 0 Å². The zero-order chi connectivity index (χ0) is 20.0. The van der Waals surface area contributed by atoms with E-state index >= 15 is 0 Å². The van der Waals surface area contributed by atoms with E-state index in [-0.39, 0.29) is 6.10 Å². The fourth-order valence-electron chi connectivity index (χ4n) is 6.71. The van der Waals surface area contributed by atoms with Crippen molar-refractivity contribution in [2.45, 2.75) is 125 Å². The summed E-state index contributed by atoms with van der Waals surface area (Å²) >= 11 is 0. The van der Waals surface area contributed by atoms with Crippen LogP contribution in [0.25, 0.3) is 0 Å². The summed E-state index contributed by atoms with van der Waals surface area (Å²) in [6, 6.07) is 0. The number of hydrogen-bond donors (Lipinski definition) is 1. The van der Waals surface area contributed by atoms with Crippen LogP contribution < -0.4 is 0 Å². The summed E-state index contributed by atoms with van der Waals surface area (Å²) in [5, 5.41) is 11.0. The van der Waals surface area contributed by atoms with Crippen LogP contribution in [0.5, 0.6) is 0 Å². The Balaban J connectivity index is 2.11. The zero-order valence-corrected chi connectivity index (χ0v) is 19.5. The van der Waals surface area contributed by atoms with Gasteiger partial charge in [0.1, 0.15) is 0 Å². The molecule has 0 aromatic carbocycles. The van der Waals surface area contributed by atoms with E-state index in [2.05, 4.69) is 41.5 Å². The van der Waals surface area contributed by atoms with Crippen LogP contribution in [0.3, 0.4) is 0 Å². The van der Waals surface area contributed by atoms with Crippen molar-refractivity contribution in [3.63, 3.8) is 0 Å². The van der Waals surface area contributed by atoms with Gasteiger partial charge in [-0.05, 0) is 79.4 Å². The molecule has 0 spiro atoms. The molecular formula is C26H50O. The van der Waals surface area contributed by atoms with Crippen molar-refractivity contribution in [1.29, 1.82) is 0 Å². The molecule has 1 nitrogen and oxygen atoms in total. The number of hydrogen-bond acceptors (Lipinski definition) is 1. The van der Waals surface area contributed by atoms with Crippen LogP contribution in [0.15, 0.2) is 0 Å². The molecule has 2 aliphatic rings. The van der Waals surface area contributed by atoms with Gasteiger partial charge in [0.15, 0.2) is 0 Å². The predicted octanol–water partition coefficient (Wildman–Crippen LogP) is 7.86. The molecule has 2 aliphatic carbocycles. The first kappa shape index (κ1) is 23.2. The summed E-state index contributed by atoms with van der Waals surface area (Å²) < 4.78 is 0. The van der Waals surface area contributed by atoms with E-state index < -0.39 is 0 Å². The highest BCUT2D eigenvalue weighted by Gasteiger charge is 2.46. The molecule has 0 aromatic rings. The number of unbranched alkanes of at least 4 members (excludes halogenated alkanes) is 1. The maximum absolute atomic E-state index is 11.0. The Hall–Kier alpha value is -0.0400. The summed E-state index contributed by atoms with van der Waals surface area (Å²) in [5.41, 5.74) is 0.433. The second-order valence-corrected chi connectivity index (χ2v) is 11.0. The topological polar surface area (TPSA) is 20.2 Å². The summed E-state index contributed by atoms with van der Waals surface area (Å²) in [7, 11) is 0. The minimum Gasteiger partial charge on any atom is -0.393 e. The van der Waals surface area contributed by atoms with Gasteiger partial charge in [-0.1, -0.05) is 80.1 Å². The maximum Gasteiger partial charge on any atom is 0.0596 e. The number of rotatable bonds is 9. The second-order valence-electron chi connectivity index (χ2n) is 11.0. The molecule has 7 atom stereocenters. The number of aliphatic hydroxyl groups excluding tert-OH is 1. The van der Waals surface area contributed by atoms with Gasteiger partial charge >= 0.3 is 0 Å². The predicted molar refractivity (Wildman–Crippen MR) is 119 cm³/mol. The lowest BCUT2D eigenvalue weighted by Gasteiger charge is -2.51. The van der Waals surface area contributed by atoms with Crippen LogP contribution >= 0.6 is 0 Å². The van der Waals surface area contributed by atoms with Gasteiger partial charge in [-0.15, -0.1) is 0 Å². The second kappa shape index (κ2) is 10.7. The van der Waals surface area contributed by atoms with Crippen LogP contribution in [0.2, 0.25) is 0 Å². The average Bonchev–Trinajstić information content (AvgIpc) is 2.64. The van der Waals surface area contributed by atoms with Crippen molar-refractivity contribution >= 4 is 0 Å². The van der Waals surface area contributed by atoms with E-state index in [9.17, 15) is 5.11 Å². The first-order valence-electron chi connectivity index (χ1n) is 12.5. The van der Waals surface area contributed by atoms with Gasteiger partial charge in [-0.2, -0.15) is 0 Å². The third-order valence-corrected chi connectivity index (χ3v) is 8.85. The maximum atomic E-state index is 11.0. The molecule has 7 unspecified atom stereocenters. The lowest BCUT2D eigenvalue weighted by molar-refractivity contribution is -0.0612. The van der Waals surface area contributed by atoms with Gasteiger partial charge in [0.25, 0.3) is 0 Å². The molecule has 0 saturated heterocycles. The minimum atomic E-state index is -0.0391. The van der Waals surface area contributed by atoms with Gasteiger partial charge in [0, 0.05) is 0 Å². The van der Waals surface area contributed by atoms with Gasteiger partial charge in [0.05, 0.1) is 6.10 Å². The van der Waals surface area contributed by atoms with Crippen LogP contribution in [0.4, 0.5) is 0 Å². The third kappa shape index (κ3) is 5.74. The Morgan fingerprint density at radius 3 is 1.89 bits per heavy atom. The molecule has 0 amide bonds. The van der Waals surface area contributed by atoms with Gasteiger partial charge in [-0.25, -0.2) is 0 Å². The van der Waals surface area contributed by atoms with E-state index in [4.69, 9.17) is 0 Å². The standard InChI is InChI=1S/C26H50O/c1-7-10-13-22-18-24(17-21(12-9-3)25(22)27)26(5,6)23-15-14-19(4)20(16-23)11-8-2/h19-25,27H,7-18H2,1-6H3. The highest BCUT2D eigenvalue weighted by molar-refractivity contribution is 4.96. The van der Waals surface area contributed by atoms with Crippen LogP contribution in [-0.2, 0) is 0 Å². The van der Waals surface area contributed by atoms with Gasteiger partial charge in [-0.3, -0.25) is 0 Å². The molecule has 0 bridgehead atoms. The van der Waals surface area contributed by atoms with E-state index in [1.54, 1.807) is 0 Å². The molecule has 0 aromatic heterocycles. The Bertz CT molecular complexity index is 414. The van der Waals surface area contributed by atoms with Crippen molar-refractivity contribution in [2.24, 2.45) is 40.9 Å². The van der Waals surface area contributed by atoms with Crippen molar-refractivity contribution < 1.29 is 5.11 Å². The van der Waals surface area contributed by atoms with Crippen molar-refractivity contribution in [1.82, 2.24) is 0 Å². The summed E-state index contributed by atoms with van der Waals surface area (Å²) in [5.74, 6) is 4.66. The Kier molecular flexibility index (Phi) is 9.17. The quantitative estimate of drug-likeness (QED) is 0.433. The first-order chi connectivity index (χ1) is 12.8. The molecule has 2 saturated carbocycles. The van der Waals surface area contributed by atoms with E-state index in [1.165, 1.54) is 77.0 Å². The molecule has 2 rings (SSSR count). The zero-order valence-electron chi connectivity index (χ0n) is 19.5. The van der Waals surface area contributed by atoms with E-state index in [0.29, 0.717) is 17.3 Å². The van der Waals surface area contributed by atoms with Crippen LogP contribution in [-0.4, -0.2) is 11.2 Å². The van der Waals surface area contributed by atoms with E-state index in [0.717, 1.165) is 23.7 Å². The summed E-state index contributed by atoms with van der Waals surface area (Å²) in [6.07, 6.45) is 15.8. The first-order valence-corrected chi connectivity index (χ1v) is 12.5. The SMILES string of the molecule is CCCCC1CC(C(C)(C)C2CCC(C)C(CCC)C2)CC(CCC)C1O. The summed E-state index contributed by atoms with van der Waals surface area (Å²) in [4.78, 5) is 0. The molecule has 0 radical (unpaired) electrons. The molecule has 0 heterocycles. The molecule has 2 fully saturated rings. The van der Waals surface area contributed by atoms with Crippen LogP contribution in [0.1, 0.15) is 119 Å². The molecule has 1 heteroatoms. The minimum absolute atomic E-state index is 0.0391. The fraction of sp³-hybridized carbons (Fsp3) is 1.00. The van der Waals surface area contributed by atoms with Crippen molar-refractivity contribution in [3.05, 3.63) is 0 Å². The van der Waals surface area contributed by atoms with Crippen LogP contribution in [0, 0.1) is 40.9 Å². The van der Waals surface area contributed by atoms with Gasteiger partial charge < -0.3 is 5.11 Å².